The van der Waals surface area contributed by atoms with Crippen LogP contribution in [0.2, 0.25) is 0 Å². The summed E-state index contributed by atoms with van der Waals surface area (Å²) in [6.45, 7) is -1.24. The third kappa shape index (κ3) is 6.84. The van der Waals surface area contributed by atoms with Crippen molar-refractivity contribution < 1.29 is 22.7 Å². The van der Waals surface area contributed by atoms with Crippen molar-refractivity contribution in [3.8, 4) is 0 Å². The number of nitrogens with one attached hydrogen (secondary N) is 2. The van der Waals surface area contributed by atoms with E-state index in [1.807, 2.05) is 0 Å². The minimum atomic E-state index is -4.31. The summed E-state index contributed by atoms with van der Waals surface area (Å²) in [7, 11) is 0. The Morgan fingerprint density at radius 1 is 1.24 bits per heavy atom. The first kappa shape index (κ1) is 18.5. The summed E-state index contributed by atoms with van der Waals surface area (Å²) >= 11 is 0. The summed E-state index contributed by atoms with van der Waals surface area (Å²) in [6, 6.07) is 1.09. The molecule has 2 unspecified atom stereocenters. The van der Waals surface area contributed by atoms with Crippen molar-refractivity contribution in [1.29, 1.82) is 0 Å². The van der Waals surface area contributed by atoms with Crippen molar-refractivity contribution in [2.75, 3.05) is 19.8 Å². The van der Waals surface area contributed by atoms with Crippen molar-refractivity contribution in [2.24, 2.45) is 5.92 Å². The van der Waals surface area contributed by atoms with Crippen LogP contribution in [0.3, 0.4) is 0 Å². The maximum atomic E-state index is 11.8. The Labute approximate surface area is 128 Å². The van der Waals surface area contributed by atoms with Gasteiger partial charge in [0.05, 0.1) is 6.61 Å². The van der Waals surface area contributed by atoms with Crippen LogP contribution < -0.4 is 10.6 Å². The zero-order valence-corrected chi connectivity index (χ0v) is 12.6. The highest BCUT2D eigenvalue weighted by molar-refractivity contribution is 5.85. The van der Waals surface area contributed by atoms with Gasteiger partial charge in [-0.05, 0) is 31.6 Å². The fraction of sp³-hybridized carbons (Fsp3) is 0.923. The molecule has 0 aromatic rings. The second kappa shape index (κ2) is 8.19. The normalized spacial score (nSPS) is 28.0. The summed E-state index contributed by atoms with van der Waals surface area (Å²) < 4.78 is 39.9. The number of amides is 1. The number of hydrogen-bond acceptors (Lipinski definition) is 3. The van der Waals surface area contributed by atoms with Crippen LogP contribution in [-0.2, 0) is 9.53 Å². The maximum absolute atomic E-state index is 11.8. The van der Waals surface area contributed by atoms with Crippen molar-refractivity contribution >= 4 is 18.3 Å². The largest absolute Gasteiger partial charge is 0.411 e. The molecule has 0 aromatic heterocycles. The lowest BCUT2D eigenvalue weighted by Crippen LogP contribution is -2.40. The molecule has 2 saturated heterocycles. The molecule has 0 saturated carbocycles. The second-order valence-electron chi connectivity index (χ2n) is 5.70. The predicted molar refractivity (Wildman–Crippen MR) is 74.4 cm³/mol. The highest BCUT2D eigenvalue weighted by Crippen LogP contribution is 2.32. The Morgan fingerprint density at radius 2 is 1.86 bits per heavy atom. The molecule has 21 heavy (non-hydrogen) atoms. The van der Waals surface area contributed by atoms with E-state index in [1.54, 1.807) is 0 Å². The van der Waals surface area contributed by atoms with Crippen LogP contribution in [-0.4, -0.2) is 43.9 Å². The molecule has 0 radical (unpaired) electrons. The number of carbonyl (C=O) groups is 1. The van der Waals surface area contributed by atoms with Gasteiger partial charge in [0.15, 0.2) is 0 Å². The lowest BCUT2D eigenvalue weighted by Gasteiger charge is -2.28. The molecule has 2 N–H and O–H groups in total. The molecular formula is C13H22ClF3N2O2. The lowest BCUT2D eigenvalue weighted by molar-refractivity contribution is -0.173. The van der Waals surface area contributed by atoms with Gasteiger partial charge < -0.3 is 15.4 Å². The van der Waals surface area contributed by atoms with Gasteiger partial charge in [-0.2, -0.15) is 13.2 Å². The standard InChI is InChI=1S/C13H21F3N2O2.ClH/c14-13(15,16)8-20-4-3-17-12(19)7-9-5-10-1-2-11(6-9)18-10;/h9-11,18H,1-8H2,(H,17,19);1H. The summed E-state index contributed by atoms with van der Waals surface area (Å²) in [4.78, 5) is 11.7. The van der Waals surface area contributed by atoms with Crippen LogP contribution in [0.25, 0.3) is 0 Å². The Morgan fingerprint density at radius 3 is 2.43 bits per heavy atom. The number of carbonyl (C=O) groups excluding carboxylic acids is 1. The van der Waals surface area contributed by atoms with E-state index in [0.717, 1.165) is 12.8 Å². The molecule has 124 valence electrons. The van der Waals surface area contributed by atoms with Gasteiger partial charge in [-0.25, -0.2) is 0 Å². The zero-order chi connectivity index (χ0) is 14.6. The highest BCUT2D eigenvalue weighted by Gasteiger charge is 2.34. The first-order valence-electron chi connectivity index (χ1n) is 7.09. The molecule has 2 aliphatic heterocycles. The topological polar surface area (TPSA) is 50.4 Å². The average molecular weight is 331 g/mol. The van der Waals surface area contributed by atoms with Gasteiger partial charge in [0.25, 0.3) is 0 Å². The third-order valence-electron chi connectivity index (χ3n) is 3.88. The number of piperidine rings is 1. The van der Waals surface area contributed by atoms with Crippen molar-refractivity contribution in [2.45, 2.75) is 50.4 Å². The van der Waals surface area contributed by atoms with Gasteiger partial charge >= 0.3 is 6.18 Å². The van der Waals surface area contributed by atoms with Gasteiger partial charge in [-0.3, -0.25) is 4.79 Å². The van der Waals surface area contributed by atoms with Gasteiger partial charge in [0, 0.05) is 25.0 Å². The van der Waals surface area contributed by atoms with Crippen LogP contribution in [0.5, 0.6) is 0 Å². The Kier molecular flexibility index (Phi) is 7.23. The van der Waals surface area contributed by atoms with Crippen LogP contribution in [0.4, 0.5) is 13.2 Å². The van der Waals surface area contributed by atoms with Crippen molar-refractivity contribution in [1.82, 2.24) is 10.6 Å². The van der Waals surface area contributed by atoms with Crippen LogP contribution in [0, 0.1) is 5.92 Å². The lowest BCUT2D eigenvalue weighted by atomic mass is 9.89. The van der Waals surface area contributed by atoms with Gasteiger partial charge in [0.2, 0.25) is 5.91 Å². The molecular weight excluding hydrogens is 309 g/mol. The summed E-state index contributed by atoms with van der Waals surface area (Å²) in [6.07, 6.45) is 0.581. The predicted octanol–water partition coefficient (Wildman–Crippen LogP) is 2.02. The smallest absolute Gasteiger partial charge is 0.370 e. The van der Waals surface area contributed by atoms with E-state index in [0.29, 0.717) is 24.4 Å². The molecule has 2 atom stereocenters. The van der Waals surface area contributed by atoms with E-state index < -0.39 is 12.8 Å². The van der Waals surface area contributed by atoms with Crippen molar-refractivity contribution in [3.63, 3.8) is 0 Å². The molecule has 2 aliphatic rings. The number of hydrogen-bond donors (Lipinski definition) is 2. The number of halogens is 4. The molecule has 4 nitrogen and oxygen atoms in total. The minimum Gasteiger partial charge on any atom is -0.370 e. The van der Waals surface area contributed by atoms with Crippen LogP contribution >= 0.6 is 12.4 Å². The van der Waals surface area contributed by atoms with E-state index in [1.165, 1.54) is 12.8 Å². The van der Waals surface area contributed by atoms with E-state index in [4.69, 9.17) is 0 Å². The first-order chi connectivity index (χ1) is 9.42. The highest BCUT2D eigenvalue weighted by atomic mass is 35.5. The molecule has 1 amide bonds. The van der Waals surface area contributed by atoms with Crippen LogP contribution in [0.15, 0.2) is 0 Å². The molecule has 2 heterocycles. The van der Waals surface area contributed by atoms with Crippen molar-refractivity contribution in [3.05, 3.63) is 0 Å². The van der Waals surface area contributed by atoms with E-state index in [9.17, 15) is 18.0 Å². The molecule has 8 heteroatoms. The SMILES string of the molecule is Cl.O=C(CC1CC2CCC(C1)N2)NCCOCC(F)(F)F. The quantitative estimate of drug-likeness (QED) is 0.733. The molecule has 2 fully saturated rings. The molecule has 0 aromatic carbocycles. The summed E-state index contributed by atoms with van der Waals surface area (Å²) in [5, 5.41) is 6.12. The van der Waals surface area contributed by atoms with Gasteiger partial charge in [-0.15, -0.1) is 12.4 Å². The molecule has 2 rings (SSSR count). The third-order valence-corrected chi connectivity index (χ3v) is 3.88. The average Bonchev–Trinajstić information content (AvgIpc) is 2.67. The number of ether oxygens (including phenoxy) is 1. The maximum Gasteiger partial charge on any atom is 0.411 e. The fourth-order valence-corrected chi connectivity index (χ4v) is 3.13. The number of alkyl halides is 3. The number of fused-ring (bicyclic) bond motifs is 2. The van der Waals surface area contributed by atoms with E-state index in [-0.39, 0.29) is 31.5 Å². The first-order valence-corrected chi connectivity index (χ1v) is 7.09. The van der Waals surface area contributed by atoms with E-state index in [2.05, 4.69) is 15.4 Å². The monoisotopic (exact) mass is 330 g/mol. The molecule has 2 bridgehead atoms. The Hall–Kier alpha value is -0.530. The van der Waals surface area contributed by atoms with Gasteiger partial charge in [0.1, 0.15) is 6.61 Å². The summed E-state index contributed by atoms with van der Waals surface area (Å²) in [5.41, 5.74) is 0. The Bertz CT molecular complexity index is 330. The van der Waals surface area contributed by atoms with Gasteiger partial charge in [-0.1, -0.05) is 0 Å². The minimum absolute atomic E-state index is 0. The molecule has 0 aliphatic carbocycles. The van der Waals surface area contributed by atoms with E-state index >= 15 is 0 Å². The fourth-order valence-electron chi connectivity index (χ4n) is 3.13. The van der Waals surface area contributed by atoms with Crippen LogP contribution in [0.1, 0.15) is 32.1 Å². The summed E-state index contributed by atoms with van der Waals surface area (Å²) in [5.74, 6) is 0.303. The zero-order valence-electron chi connectivity index (χ0n) is 11.7. The molecule has 0 spiro atoms. The second-order valence-corrected chi connectivity index (χ2v) is 5.70. The number of rotatable bonds is 6. The Balaban J connectivity index is 0.00000220.